The molecule has 7 nitrogen and oxygen atoms in total. The van der Waals surface area contributed by atoms with Gasteiger partial charge in [0, 0.05) is 25.0 Å². The summed E-state index contributed by atoms with van der Waals surface area (Å²) in [7, 11) is 0. The molecule has 0 saturated carbocycles. The monoisotopic (exact) mass is 274 g/mol. The largest absolute Gasteiger partial charge is 0.471 e. The van der Waals surface area contributed by atoms with Crippen LogP contribution in [0.15, 0.2) is 35.4 Å². The first-order valence-corrected chi connectivity index (χ1v) is 6.45. The van der Waals surface area contributed by atoms with Crippen molar-refractivity contribution in [3.8, 4) is 5.88 Å². The number of nitrogens with zero attached hydrogens (tertiary/aromatic N) is 4. The molecule has 7 heteroatoms. The number of hydrogen-bond donors (Lipinski definition) is 0. The first kappa shape index (κ1) is 12.6. The molecule has 2 aromatic heterocycles. The number of amides is 1. The van der Waals surface area contributed by atoms with Crippen molar-refractivity contribution in [1.29, 1.82) is 0 Å². The van der Waals surface area contributed by atoms with Crippen molar-refractivity contribution in [1.82, 2.24) is 20.0 Å². The zero-order valence-corrected chi connectivity index (χ0v) is 10.8. The molecule has 3 heterocycles. The van der Waals surface area contributed by atoms with Crippen LogP contribution >= 0.6 is 0 Å². The number of ether oxygens (including phenoxy) is 1. The third-order valence-corrected chi connectivity index (χ3v) is 3.14. The Hall–Kier alpha value is -2.44. The topological polar surface area (TPSA) is 81.4 Å². The fourth-order valence-corrected chi connectivity index (χ4v) is 2.22. The second-order valence-corrected chi connectivity index (χ2v) is 4.55. The number of rotatable bonds is 3. The summed E-state index contributed by atoms with van der Waals surface area (Å²) < 4.78 is 10.6. The summed E-state index contributed by atoms with van der Waals surface area (Å²) >= 11 is 0. The minimum atomic E-state index is -0.157. The Kier molecular flexibility index (Phi) is 3.58. The molecule has 1 atom stereocenters. The van der Waals surface area contributed by atoms with Gasteiger partial charge >= 0.3 is 0 Å². The molecule has 104 valence electrons. The zero-order chi connectivity index (χ0) is 13.8. The normalized spacial score (nSPS) is 18.8. The maximum Gasteiger partial charge on any atom is 0.292 e. The van der Waals surface area contributed by atoms with Gasteiger partial charge in [0.2, 0.25) is 11.6 Å². The average molecular weight is 274 g/mol. The summed E-state index contributed by atoms with van der Waals surface area (Å²) in [5.74, 6) is 0.576. The van der Waals surface area contributed by atoms with Crippen LogP contribution in [0.25, 0.3) is 0 Å². The molecular weight excluding hydrogens is 260 g/mol. The predicted octanol–water partition coefficient (Wildman–Crippen LogP) is 1.15. The van der Waals surface area contributed by atoms with Gasteiger partial charge in [-0.1, -0.05) is 5.16 Å². The van der Waals surface area contributed by atoms with Crippen LogP contribution in [0.2, 0.25) is 0 Å². The SMILES string of the molecule is O=C(c1ccno1)N1CCCC(Oc2cnccn2)C1. The zero-order valence-electron chi connectivity index (χ0n) is 10.8. The van der Waals surface area contributed by atoms with E-state index in [2.05, 4.69) is 15.1 Å². The lowest BCUT2D eigenvalue weighted by Crippen LogP contribution is -2.44. The van der Waals surface area contributed by atoms with E-state index in [1.165, 1.54) is 6.20 Å². The summed E-state index contributed by atoms with van der Waals surface area (Å²) in [6, 6.07) is 1.56. The van der Waals surface area contributed by atoms with Crippen molar-refractivity contribution in [3.63, 3.8) is 0 Å². The summed E-state index contributed by atoms with van der Waals surface area (Å²) in [6.07, 6.45) is 7.89. The molecule has 1 saturated heterocycles. The Morgan fingerprint density at radius 2 is 2.35 bits per heavy atom. The highest BCUT2D eigenvalue weighted by atomic mass is 16.5. The molecule has 3 rings (SSSR count). The highest BCUT2D eigenvalue weighted by Crippen LogP contribution is 2.17. The van der Waals surface area contributed by atoms with E-state index in [0.29, 0.717) is 19.0 Å². The molecule has 1 aliphatic rings. The van der Waals surface area contributed by atoms with Crippen LogP contribution in [0.4, 0.5) is 0 Å². The van der Waals surface area contributed by atoms with E-state index < -0.39 is 0 Å². The molecule has 1 fully saturated rings. The Balaban J connectivity index is 1.63. The van der Waals surface area contributed by atoms with Gasteiger partial charge < -0.3 is 14.2 Å². The molecule has 0 spiro atoms. The molecule has 0 bridgehead atoms. The van der Waals surface area contributed by atoms with Crippen molar-refractivity contribution < 1.29 is 14.1 Å². The van der Waals surface area contributed by atoms with Crippen LogP contribution in [0, 0.1) is 0 Å². The molecule has 20 heavy (non-hydrogen) atoms. The van der Waals surface area contributed by atoms with Gasteiger partial charge in [-0.15, -0.1) is 0 Å². The molecule has 1 unspecified atom stereocenters. The van der Waals surface area contributed by atoms with Crippen LogP contribution in [0.3, 0.4) is 0 Å². The summed E-state index contributed by atoms with van der Waals surface area (Å²) in [4.78, 5) is 21.9. The van der Waals surface area contributed by atoms with E-state index in [1.54, 1.807) is 29.6 Å². The van der Waals surface area contributed by atoms with Crippen LogP contribution < -0.4 is 4.74 Å². The number of carbonyl (C=O) groups is 1. The highest BCUT2D eigenvalue weighted by molar-refractivity contribution is 5.91. The van der Waals surface area contributed by atoms with E-state index in [9.17, 15) is 4.79 Å². The number of likely N-dealkylation sites (tertiary alicyclic amines) is 1. The molecule has 1 aliphatic heterocycles. The summed E-state index contributed by atoms with van der Waals surface area (Å²) in [6.45, 7) is 1.20. The van der Waals surface area contributed by atoms with Gasteiger partial charge in [-0.25, -0.2) is 4.98 Å². The van der Waals surface area contributed by atoms with Gasteiger partial charge in [0.25, 0.3) is 5.91 Å². The van der Waals surface area contributed by atoms with Crippen LogP contribution in [0.5, 0.6) is 5.88 Å². The number of hydrogen-bond acceptors (Lipinski definition) is 6. The Morgan fingerprint density at radius 1 is 1.40 bits per heavy atom. The summed E-state index contributed by atoms with van der Waals surface area (Å²) in [5.41, 5.74) is 0. The van der Waals surface area contributed by atoms with Gasteiger partial charge in [0.15, 0.2) is 0 Å². The highest BCUT2D eigenvalue weighted by Gasteiger charge is 2.27. The maximum absolute atomic E-state index is 12.2. The van der Waals surface area contributed by atoms with Crippen molar-refractivity contribution in [2.45, 2.75) is 18.9 Å². The van der Waals surface area contributed by atoms with Crippen molar-refractivity contribution in [2.75, 3.05) is 13.1 Å². The lowest BCUT2D eigenvalue weighted by atomic mass is 10.1. The maximum atomic E-state index is 12.2. The fraction of sp³-hybridized carbons (Fsp3) is 0.385. The van der Waals surface area contributed by atoms with Crippen molar-refractivity contribution in [3.05, 3.63) is 36.6 Å². The molecule has 0 aromatic carbocycles. The Labute approximate surface area is 115 Å². The molecule has 0 N–H and O–H groups in total. The minimum absolute atomic E-state index is 0.0766. The quantitative estimate of drug-likeness (QED) is 0.835. The van der Waals surface area contributed by atoms with Crippen molar-refractivity contribution >= 4 is 5.91 Å². The molecule has 0 radical (unpaired) electrons. The standard InChI is InChI=1S/C13H14N4O3/c18-13(11-3-4-16-20-11)17-7-1-2-10(9-17)19-12-8-14-5-6-15-12/h3-6,8,10H,1-2,7,9H2. The first-order chi connectivity index (χ1) is 9.83. The Bertz CT molecular complexity index is 558. The van der Waals surface area contributed by atoms with Crippen LogP contribution in [-0.4, -0.2) is 45.1 Å². The lowest BCUT2D eigenvalue weighted by molar-refractivity contribution is 0.0491. The Morgan fingerprint density at radius 3 is 3.10 bits per heavy atom. The smallest absolute Gasteiger partial charge is 0.292 e. The second kappa shape index (κ2) is 5.68. The number of carbonyl (C=O) groups excluding carboxylic acids is 1. The van der Waals surface area contributed by atoms with E-state index >= 15 is 0 Å². The first-order valence-electron chi connectivity index (χ1n) is 6.45. The molecule has 1 amide bonds. The van der Waals surface area contributed by atoms with E-state index in [-0.39, 0.29) is 17.8 Å². The van der Waals surface area contributed by atoms with Crippen LogP contribution in [-0.2, 0) is 0 Å². The second-order valence-electron chi connectivity index (χ2n) is 4.55. The lowest BCUT2D eigenvalue weighted by Gasteiger charge is -2.31. The van der Waals surface area contributed by atoms with Crippen molar-refractivity contribution in [2.24, 2.45) is 0 Å². The third kappa shape index (κ3) is 2.76. The van der Waals surface area contributed by atoms with E-state index in [1.807, 2.05) is 0 Å². The minimum Gasteiger partial charge on any atom is -0.471 e. The van der Waals surface area contributed by atoms with Gasteiger partial charge in [0.05, 0.1) is 18.9 Å². The van der Waals surface area contributed by atoms with E-state index in [4.69, 9.17) is 9.26 Å². The fourth-order valence-electron chi connectivity index (χ4n) is 2.22. The predicted molar refractivity (Wildman–Crippen MR) is 68.1 cm³/mol. The number of piperidine rings is 1. The third-order valence-electron chi connectivity index (χ3n) is 3.14. The van der Waals surface area contributed by atoms with Gasteiger partial charge in [0.1, 0.15) is 6.10 Å². The molecular formula is C13H14N4O3. The molecule has 2 aromatic rings. The van der Waals surface area contributed by atoms with Gasteiger partial charge in [-0.05, 0) is 12.8 Å². The van der Waals surface area contributed by atoms with Gasteiger partial charge in [-0.3, -0.25) is 9.78 Å². The summed E-state index contributed by atoms with van der Waals surface area (Å²) in [5, 5.41) is 3.55. The van der Waals surface area contributed by atoms with Crippen LogP contribution in [0.1, 0.15) is 23.4 Å². The number of aromatic nitrogens is 3. The molecule has 0 aliphatic carbocycles. The van der Waals surface area contributed by atoms with E-state index in [0.717, 1.165) is 12.8 Å². The average Bonchev–Trinajstić information content (AvgIpc) is 3.02. The van der Waals surface area contributed by atoms with Gasteiger partial charge in [-0.2, -0.15) is 0 Å².